The summed E-state index contributed by atoms with van der Waals surface area (Å²) in [5.74, 6) is -0.276. The molecular weight excluding hydrogens is 220 g/mol. The molecule has 2 heterocycles. The van der Waals surface area contributed by atoms with Crippen molar-refractivity contribution >= 4 is 5.78 Å². The lowest BCUT2D eigenvalue weighted by molar-refractivity contribution is 0.0173. The van der Waals surface area contributed by atoms with Crippen LogP contribution in [0, 0.1) is 0 Å². The number of furan rings is 2. The molecule has 4 nitrogen and oxygen atoms in total. The zero-order valence-electron chi connectivity index (χ0n) is 9.13. The molecule has 0 aliphatic heterocycles. The van der Waals surface area contributed by atoms with Crippen LogP contribution >= 0.6 is 0 Å². The maximum absolute atomic E-state index is 12.2. The molecule has 0 bridgehead atoms. The molecule has 88 valence electrons. The van der Waals surface area contributed by atoms with E-state index >= 15 is 0 Å². The van der Waals surface area contributed by atoms with Crippen molar-refractivity contribution < 1.29 is 18.7 Å². The van der Waals surface area contributed by atoms with Crippen molar-refractivity contribution in [1.29, 1.82) is 0 Å². The highest BCUT2D eigenvalue weighted by molar-refractivity contribution is 6.00. The number of aliphatic hydroxyl groups is 1. The summed E-state index contributed by atoms with van der Waals surface area (Å²) in [5, 5.41) is 10.4. The monoisotopic (exact) mass is 232 g/mol. The number of rotatable bonds is 5. The van der Waals surface area contributed by atoms with E-state index in [0.29, 0.717) is 0 Å². The third kappa shape index (κ3) is 1.94. The Morgan fingerprint density at radius 2 is 2.06 bits per heavy atom. The van der Waals surface area contributed by atoms with Crippen molar-refractivity contribution in [1.82, 2.24) is 0 Å². The van der Waals surface area contributed by atoms with Gasteiger partial charge in [0.2, 0.25) is 5.78 Å². The highest BCUT2D eigenvalue weighted by Gasteiger charge is 2.41. The summed E-state index contributed by atoms with van der Waals surface area (Å²) in [7, 11) is 0. The molecule has 0 aromatic carbocycles. The van der Waals surface area contributed by atoms with Crippen LogP contribution in [-0.2, 0) is 5.60 Å². The van der Waals surface area contributed by atoms with Gasteiger partial charge in [-0.15, -0.1) is 6.58 Å². The number of Topliss-reactive ketones (excluding diaryl/α,β-unsaturated/α-hetero) is 1. The van der Waals surface area contributed by atoms with E-state index in [1.54, 1.807) is 18.2 Å². The zero-order valence-corrected chi connectivity index (χ0v) is 9.13. The maximum Gasteiger partial charge on any atom is 0.237 e. The first-order chi connectivity index (χ1) is 8.18. The molecule has 0 aliphatic rings. The van der Waals surface area contributed by atoms with Crippen LogP contribution in [0.1, 0.15) is 22.7 Å². The second kappa shape index (κ2) is 4.43. The Morgan fingerprint density at radius 1 is 1.35 bits per heavy atom. The first-order valence-corrected chi connectivity index (χ1v) is 5.14. The fourth-order valence-electron chi connectivity index (χ4n) is 1.64. The molecule has 4 heteroatoms. The average Bonchev–Trinajstić information content (AvgIpc) is 3.01. The summed E-state index contributed by atoms with van der Waals surface area (Å²) in [6.45, 7) is 3.53. The van der Waals surface area contributed by atoms with Gasteiger partial charge in [0.1, 0.15) is 5.76 Å². The van der Waals surface area contributed by atoms with Crippen molar-refractivity contribution in [3.05, 3.63) is 61.0 Å². The molecule has 0 saturated heterocycles. The van der Waals surface area contributed by atoms with E-state index in [-0.39, 0.29) is 17.9 Å². The van der Waals surface area contributed by atoms with Gasteiger partial charge in [0.25, 0.3) is 0 Å². The van der Waals surface area contributed by atoms with Crippen LogP contribution in [-0.4, -0.2) is 10.9 Å². The van der Waals surface area contributed by atoms with Gasteiger partial charge in [0, 0.05) is 6.42 Å². The third-order valence-electron chi connectivity index (χ3n) is 2.49. The fourth-order valence-corrected chi connectivity index (χ4v) is 1.64. The van der Waals surface area contributed by atoms with E-state index in [2.05, 4.69) is 6.58 Å². The van der Waals surface area contributed by atoms with Gasteiger partial charge >= 0.3 is 0 Å². The van der Waals surface area contributed by atoms with Crippen LogP contribution < -0.4 is 0 Å². The Morgan fingerprint density at radius 3 is 2.59 bits per heavy atom. The van der Waals surface area contributed by atoms with Gasteiger partial charge in [-0.2, -0.15) is 0 Å². The Hall–Kier alpha value is -2.07. The quantitative estimate of drug-likeness (QED) is 0.635. The van der Waals surface area contributed by atoms with Crippen molar-refractivity contribution in [2.45, 2.75) is 12.0 Å². The Bertz CT molecular complexity index is 496. The first-order valence-electron chi connectivity index (χ1n) is 5.14. The largest absolute Gasteiger partial charge is 0.466 e. The number of hydrogen-bond acceptors (Lipinski definition) is 4. The maximum atomic E-state index is 12.2. The number of ketones is 1. The molecule has 1 atom stereocenters. The SMILES string of the molecule is C=CCC(O)(C(=O)c1ccco1)c1ccco1. The molecule has 0 fully saturated rings. The topological polar surface area (TPSA) is 63.6 Å². The van der Waals surface area contributed by atoms with Gasteiger partial charge in [-0.25, -0.2) is 0 Å². The van der Waals surface area contributed by atoms with E-state index < -0.39 is 11.4 Å². The lowest BCUT2D eigenvalue weighted by Gasteiger charge is -2.21. The van der Waals surface area contributed by atoms with Crippen molar-refractivity contribution in [3.63, 3.8) is 0 Å². The Labute approximate surface area is 98.2 Å². The molecule has 0 spiro atoms. The number of hydrogen-bond donors (Lipinski definition) is 1. The minimum absolute atomic E-state index is 0.0556. The van der Waals surface area contributed by atoms with E-state index in [9.17, 15) is 9.90 Å². The molecule has 0 amide bonds. The van der Waals surface area contributed by atoms with Crippen LogP contribution in [0.4, 0.5) is 0 Å². The molecule has 0 aliphatic carbocycles. The highest BCUT2D eigenvalue weighted by atomic mass is 16.4. The molecule has 1 N–H and O–H groups in total. The molecule has 17 heavy (non-hydrogen) atoms. The van der Waals surface area contributed by atoms with Crippen LogP contribution in [0.15, 0.2) is 58.3 Å². The Kier molecular flexibility index (Phi) is 2.97. The van der Waals surface area contributed by atoms with Gasteiger partial charge in [-0.1, -0.05) is 6.08 Å². The second-order valence-corrected chi connectivity index (χ2v) is 3.64. The lowest BCUT2D eigenvalue weighted by Crippen LogP contribution is -2.34. The average molecular weight is 232 g/mol. The van der Waals surface area contributed by atoms with Crippen LogP contribution in [0.25, 0.3) is 0 Å². The van der Waals surface area contributed by atoms with Gasteiger partial charge < -0.3 is 13.9 Å². The van der Waals surface area contributed by atoms with Crippen molar-refractivity contribution in [2.24, 2.45) is 0 Å². The second-order valence-electron chi connectivity index (χ2n) is 3.64. The highest BCUT2D eigenvalue weighted by Crippen LogP contribution is 2.30. The van der Waals surface area contributed by atoms with E-state index in [1.165, 1.54) is 24.7 Å². The number of carbonyl (C=O) groups excluding carboxylic acids is 1. The fraction of sp³-hybridized carbons (Fsp3) is 0.154. The van der Waals surface area contributed by atoms with Crippen LogP contribution in [0.5, 0.6) is 0 Å². The van der Waals surface area contributed by atoms with Crippen LogP contribution in [0.2, 0.25) is 0 Å². The van der Waals surface area contributed by atoms with E-state index in [1.807, 2.05) is 0 Å². The molecular formula is C13H12O4. The molecule has 2 aromatic heterocycles. The first kappa shape index (κ1) is 11.4. The summed E-state index contributed by atoms with van der Waals surface area (Å²) in [6, 6.07) is 6.24. The zero-order chi connectivity index (χ0) is 12.3. The standard InChI is InChI=1S/C13H12O4/c1-2-7-13(15,11-6-4-9-17-11)12(14)10-5-3-8-16-10/h2-6,8-9,15H,1,7H2. The van der Waals surface area contributed by atoms with Gasteiger partial charge in [0.15, 0.2) is 11.4 Å². The summed E-state index contributed by atoms with van der Waals surface area (Å²) in [4.78, 5) is 12.2. The third-order valence-corrected chi connectivity index (χ3v) is 2.49. The van der Waals surface area contributed by atoms with Crippen molar-refractivity contribution in [2.75, 3.05) is 0 Å². The molecule has 0 saturated carbocycles. The van der Waals surface area contributed by atoms with Gasteiger partial charge in [-0.05, 0) is 24.3 Å². The predicted octanol–water partition coefficient (Wildman–Crippen LogP) is 2.52. The molecule has 2 aromatic rings. The van der Waals surface area contributed by atoms with E-state index in [4.69, 9.17) is 8.83 Å². The lowest BCUT2D eigenvalue weighted by atomic mass is 9.90. The van der Waals surface area contributed by atoms with Gasteiger partial charge in [0.05, 0.1) is 12.5 Å². The van der Waals surface area contributed by atoms with Crippen molar-refractivity contribution in [3.8, 4) is 0 Å². The molecule has 0 radical (unpaired) electrons. The van der Waals surface area contributed by atoms with Gasteiger partial charge in [-0.3, -0.25) is 4.79 Å². The minimum atomic E-state index is -1.76. The van der Waals surface area contributed by atoms with E-state index in [0.717, 1.165) is 0 Å². The minimum Gasteiger partial charge on any atom is -0.466 e. The molecule has 1 unspecified atom stereocenters. The summed E-state index contributed by atoms with van der Waals surface area (Å²) in [6.07, 6.45) is 4.30. The summed E-state index contributed by atoms with van der Waals surface area (Å²) in [5.41, 5.74) is -1.76. The summed E-state index contributed by atoms with van der Waals surface area (Å²) < 4.78 is 10.1. The predicted molar refractivity (Wildman–Crippen MR) is 60.5 cm³/mol. The summed E-state index contributed by atoms with van der Waals surface area (Å²) >= 11 is 0. The number of carbonyl (C=O) groups is 1. The molecule has 2 rings (SSSR count). The Balaban J connectivity index is 2.41. The van der Waals surface area contributed by atoms with Crippen LogP contribution in [0.3, 0.4) is 0 Å². The smallest absolute Gasteiger partial charge is 0.237 e. The normalized spacial score (nSPS) is 14.2.